The summed E-state index contributed by atoms with van der Waals surface area (Å²) >= 11 is 0. The number of ether oxygens (including phenoxy) is 1. The van der Waals surface area contributed by atoms with Gasteiger partial charge in [0, 0.05) is 5.69 Å². The first-order valence-electron chi connectivity index (χ1n) is 5.66. The summed E-state index contributed by atoms with van der Waals surface area (Å²) in [4.78, 5) is 11.4. The third kappa shape index (κ3) is 3.45. The lowest BCUT2D eigenvalue weighted by molar-refractivity contribution is -0.142. The van der Waals surface area contributed by atoms with E-state index in [1.807, 2.05) is 0 Å². The maximum Gasteiger partial charge on any atom is 0.323 e. The smallest absolute Gasteiger partial charge is 0.323 e. The molecule has 0 aliphatic rings. The summed E-state index contributed by atoms with van der Waals surface area (Å²) in [7, 11) is -2.60. The van der Waals surface area contributed by atoms with Gasteiger partial charge >= 0.3 is 5.97 Å². The van der Waals surface area contributed by atoms with E-state index in [1.165, 1.54) is 14.0 Å². The number of hydrogen-bond acceptors (Lipinski definition) is 5. The van der Waals surface area contributed by atoms with Crippen LogP contribution in [0.2, 0.25) is 0 Å². The quantitative estimate of drug-likeness (QED) is 0.628. The molecule has 0 aliphatic carbocycles. The standard InChI is InChI=1S/C12H18N2O4S/c1-7-5-10(13)6-8(2)11(7)19(16,17)14-9(3)12(15)18-4/h5-6,9,14H,13H2,1-4H3. The molecule has 19 heavy (non-hydrogen) atoms. The molecule has 6 nitrogen and oxygen atoms in total. The molecule has 1 unspecified atom stereocenters. The number of methoxy groups -OCH3 is 1. The molecule has 0 radical (unpaired) electrons. The van der Waals surface area contributed by atoms with Crippen LogP contribution in [-0.4, -0.2) is 27.5 Å². The van der Waals surface area contributed by atoms with Gasteiger partial charge in [-0.15, -0.1) is 0 Å². The number of esters is 1. The summed E-state index contributed by atoms with van der Waals surface area (Å²) in [6, 6.07) is 2.20. The van der Waals surface area contributed by atoms with Crippen molar-refractivity contribution >= 4 is 21.7 Å². The minimum Gasteiger partial charge on any atom is -0.468 e. The van der Waals surface area contributed by atoms with Crippen molar-refractivity contribution in [3.8, 4) is 0 Å². The van der Waals surface area contributed by atoms with Gasteiger partial charge in [-0.25, -0.2) is 8.42 Å². The van der Waals surface area contributed by atoms with E-state index in [4.69, 9.17) is 5.73 Å². The predicted octanol–water partition coefficient (Wildman–Crippen LogP) is 0.725. The summed E-state index contributed by atoms with van der Waals surface area (Å²) < 4.78 is 31.3. The van der Waals surface area contributed by atoms with Gasteiger partial charge in [-0.2, -0.15) is 4.72 Å². The highest BCUT2D eigenvalue weighted by Gasteiger charge is 2.25. The van der Waals surface area contributed by atoms with Gasteiger partial charge < -0.3 is 10.5 Å². The second-order valence-corrected chi connectivity index (χ2v) is 6.00. The highest BCUT2D eigenvalue weighted by Crippen LogP contribution is 2.23. The van der Waals surface area contributed by atoms with E-state index in [9.17, 15) is 13.2 Å². The maximum absolute atomic E-state index is 12.3. The van der Waals surface area contributed by atoms with Crippen LogP contribution < -0.4 is 10.5 Å². The number of aryl methyl sites for hydroxylation is 2. The minimum atomic E-state index is -3.80. The minimum absolute atomic E-state index is 0.137. The van der Waals surface area contributed by atoms with Gasteiger partial charge in [-0.1, -0.05) is 0 Å². The van der Waals surface area contributed by atoms with Crippen molar-refractivity contribution in [3.63, 3.8) is 0 Å². The molecule has 1 rings (SSSR count). The Morgan fingerprint density at radius 1 is 1.32 bits per heavy atom. The van der Waals surface area contributed by atoms with E-state index in [-0.39, 0.29) is 4.90 Å². The number of nitrogen functional groups attached to an aromatic ring is 1. The summed E-state index contributed by atoms with van der Waals surface area (Å²) in [6.07, 6.45) is 0. The molecule has 106 valence electrons. The third-order valence-electron chi connectivity index (χ3n) is 2.64. The van der Waals surface area contributed by atoms with Crippen LogP contribution in [0.25, 0.3) is 0 Å². The van der Waals surface area contributed by atoms with Gasteiger partial charge in [-0.3, -0.25) is 4.79 Å². The molecule has 0 saturated carbocycles. The Labute approximate surface area is 113 Å². The van der Waals surface area contributed by atoms with Crippen molar-refractivity contribution in [2.24, 2.45) is 0 Å². The molecule has 1 aromatic rings. The zero-order valence-corrected chi connectivity index (χ0v) is 12.2. The van der Waals surface area contributed by atoms with E-state index < -0.39 is 22.0 Å². The Balaban J connectivity index is 3.18. The average Bonchev–Trinajstić information content (AvgIpc) is 2.24. The molecule has 0 bridgehead atoms. The Kier molecular flexibility index (Phi) is 4.54. The molecule has 0 amide bonds. The number of nitrogens with two attached hydrogens (primary N) is 1. The number of hydrogen-bond donors (Lipinski definition) is 2. The first-order valence-corrected chi connectivity index (χ1v) is 7.14. The number of nitrogens with one attached hydrogen (secondary N) is 1. The molecular formula is C12H18N2O4S. The molecule has 1 atom stereocenters. The van der Waals surface area contributed by atoms with Crippen LogP contribution >= 0.6 is 0 Å². The van der Waals surface area contributed by atoms with E-state index in [0.29, 0.717) is 16.8 Å². The van der Waals surface area contributed by atoms with E-state index >= 15 is 0 Å². The highest BCUT2D eigenvalue weighted by molar-refractivity contribution is 7.89. The zero-order valence-electron chi connectivity index (χ0n) is 11.4. The summed E-state index contributed by atoms with van der Waals surface area (Å²) in [5, 5.41) is 0. The van der Waals surface area contributed by atoms with E-state index in [1.54, 1.807) is 26.0 Å². The topological polar surface area (TPSA) is 98.5 Å². The van der Waals surface area contributed by atoms with Crippen molar-refractivity contribution in [1.29, 1.82) is 0 Å². The zero-order chi connectivity index (χ0) is 14.8. The molecule has 0 fully saturated rings. The fourth-order valence-corrected chi connectivity index (χ4v) is 3.57. The average molecular weight is 286 g/mol. The monoisotopic (exact) mass is 286 g/mol. The van der Waals surface area contributed by atoms with Crippen molar-refractivity contribution in [3.05, 3.63) is 23.3 Å². The normalized spacial score (nSPS) is 13.1. The Morgan fingerprint density at radius 3 is 2.21 bits per heavy atom. The van der Waals surface area contributed by atoms with Gasteiger partial charge in [0.1, 0.15) is 6.04 Å². The van der Waals surface area contributed by atoms with Crippen LogP contribution in [0.3, 0.4) is 0 Å². The fourth-order valence-electron chi connectivity index (χ4n) is 1.92. The van der Waals surface area contributed by atoms with E-state index in [2.05, 4.69) is 9.46 Å². The highest BCUT2D eigenvalue weighted by atomic mass is 32.2. The van der Waals surface area contributed by atoms with Gasteiger partial charge in [-0.05, 0) is 44.0 Å². The number of anilines is 1. The molecule has 1 aromatic carbocycles. The SMILES string of the molecule is COC(=O)C(C)NS(=O)(=O)c1c(C)cc(N)cc1C. The second-order valence-electron chi connectivity index (χ2n) is 4.35. The fraction of sp³-hybridized carbons (Fsp3) is 0.417. The molecular weight excluding hydrogens is 268 g/mol. The van der Waals surface area contributed by atoms with E-state index in [0.717, 1.165) is 0 Å². The maximum atomic E-state index is 12.3. The molecule has 0 aromatic heterocycles. The van der Waals surface area contributed by atoms with Crippen LogP contribution in [0.4, 0.5) is 5.69 Å². The predicted molar refractivity (Wildman–Crippen MR) is 72.1 cm³/mol. The number of carbonyl (C=O) groups is 1. The molecule has 0 heterocycles. The first-order chi connectivity index (χ1) is 8.69. The molecule has 3 N–H and O–H groups in total. The van der Waals surface area contributed by atoms with Crippen LogP contribution in [0.5, 0.6) is 0 Å². The third-order valence-corrected chi connectivity index (χ3v) is 4.48. The largest absolute Gasteiger partial charge is 0.468 e. The van der Waals surface area contributed by atoms with Gasteiger partial charge in [0.15, 0.2) is 0 Å². The summed E-state index contributed by atoms with van der Waals surface area (Å²) in [5.74, 6) is -0.644. The number of carbonyl (C=O) groups excluding carboxylic acids is 1. The number of sulfonamides is 1. The Bertz CT molecular complexity index is 573. The lowest BCUT2D eigenvalue weighted by Gasteiger charge is -2.16. The molecule has 7 heteroatoms. The van der Waals surface area contributed by atoms with Gasteiger partial charge in [0.05, 0.1) is 12.0 Å². The van der Waals surface area contributed by atoms with Crippen LogP contribution in [-0.2, 0) is 19.6 Å². The lowest BCUT2D eigenvalue weighted by Crippen LogP contribution is -2.39. The summed E-state index contributed by atoms with van der Waals surface area (Å²) in [6.45, 7) is 4.73. The Morgan fingerprint density at radius 2 is 1.79 bits per heavy atom. The van der Waals surface area contributed by atoms with Crippen molar-refractivity contribution < 1.29 is 17.9 Å². The molecule has 0 spiro atoms. The van der Waals surface area contributed by atoms with Crippen molar-refractivity contribution in [2.75, 3.05) is 12.8 Å². The van der Waals surface area contributed by atoms with Crippen molar-refractivity contribution in [1.82, 2.24) is 4.72 Å². The van der Waals surface area contributed by atoms with Gasteiger partial charge in [0.25, 0.3) is 0 Å². The van der Waals surface area contributed by atoms with Gasteiger partial charge in [0.2, 0.25) is 10.0 Å². The van der Waals surface area contributed by atoms with Crippen LogP contribution in [0, 0.1) is 13.8 Å². The Hall–Kier alpha value is -1.60. The lowest BCUT2D eigenvalue weighted by atomic mass is 10.1. The molecule has 0 saturated heterocycles. The summed E-state index contributed by atoms with van der Waals surface area (Å²) in [5.41, 5.74) is 7.21. The second kappa shape index (κ2) is 5.58. The van der Waals surface area contributed by atoms with Crippen LogP contribution in [0.15, 0.2) is 17.0 Å². The number of benzene rings is 1. The van der Waals surface area contributed by atoms with Crippen LogP contribution in [0.1, 0.15) is 18.1 Å². The van der Waals surface area contributed by atoms with Crippen molar-refractivity contribution in [2.45, 2.75) is 31.7 Å². The first kappa shape index (κ1) is 15.5. The number of rotatable bonds is 4. The molecule has 0 aliphatic heterocycles.